The Kier molecular flexibility index (Phi) is 4.47. The van der Waals surface area contributed by atoms with Crippen molar-refractivity contribution in [2.45, 2.75) is 23.0 Å². The van der Waals surface area contributed by atoms with Crippen LogP contribution in [0, 0.1) is 0 Å². The lowest BCUT2D eigenvalue weighted by molar-refractivity contribution is -0.117. The van der Waals surface area contributed by atoms with Crippen LogP contribution in [0.15, 0.2) is 58.0 Å². The third-order valence-corrected chi connectivity index (χ3v) is 3.87. The van der Waals surface area contributed by atoms with Crippen LogP contribution in [0.3, 0.4) is 0 Å². The standard InChI is InChI=1S/C14H15NO2S/c15-14(16)13(9-8-11-5-4-10-17-11)18-12-6-2-1-3-7-12/h1-7,10,13H,8-9H2,(H2,15,16). The van der Waals surface area contributed by atoms with Crippen molar-refractivity contribution in [2.75, 3.05) is 0 Å². The molecule has 18 heavy (non-hydrogen) atoms. The van der Waals surface area contributed by atoms with Crippen molar-refractivity contribution in [1.82, 2.24) is 0 Å². The first-order chi connectivity index (χ1) is 8.75. The normalized spacial score (nSPS) is 12.2. The van der Waals surface area contributed by atoms with Crippen molar-refractivity contribution in [1.29, 1.82) is 0 Å². The largest absolute Gasteiger partial charge is 0.469 e. The Balaban J connectivity index is 1.94. The molecule has 0 aliphatic carbocycles. The van der Waals surface area contributed by atoms with Crippen LogP contribution in [0.5, 0.6) is 0 Å². The highest BCUT2D eigenvalue weighted by atomic mass is 32.2. The fourth-order valence-corrected chi connectivity index (χ4v) is 2.65. The van der Waals surface area contributed by atoms with Gasteiger partial charge in [0.1, 0.15) is 5.76 Å². The second kappa shape index (κ2) is 6.31. The first-order valence-corrected chi connectivity index (χ1v) is 6.67. The molecule has 0 radical (unpaired) electrons. The molecule has 1 atom stereocenters. The van der Waals surface area contributed by atoms with Crippen molar-refractivity contribution in [3.8, 4) is 0 Å². The number of aryl methyl sites for hydroxylation is 1. The fourth-order valence-electron chi connectivity index (χ4n) is 1.65. The Morgan fingerprint density at radius 3 is 2.61 bits per heavy atom. The van der Waals surface area contributed by atoms with Crippen molar-refractivity contribution in [3.63, 3.8) is 0 Å². The van der Waals surface area contributed by atoms with E-state index in [9.17, 15) is 4.79 Å². The summed E-state index contributed by atoms with van der Waals surface area (Å²) in [6, 6.07) is 13.6. The Bertz CT molecular complexity index is 482. The smallest absolute Gasteiger partial charge is 0.230 e. The van der Waals surface area contributed by atoms with E-state index in [-0.39, 0.29) is 11.2 Å². The Morgan fingerprint density at radius 2 is 2.00 bits per heavy atom. The molecule has 2 aromatic rings. The minimum absolute atomic E-state index is 0.225. The molecule has 1 aromatic carbocycles. The summed E-state index contributed by atoms with van der Waals surface area (Å²) >= 11 is 1.50. The molecule has 0 fully saturated rings. The lowest BCUT2D eigenvalue weighted by Gasteiger charge is -2.12. The van der Waals surface area contributed by atoms with E-state index in [4.69, 9.17) is 10.2 Å². The Labute approximate surface area is 110 Å². The van der Waals surface area contributed by atoms with Gasteiger partial charge in [0.25, 0.3) is 0 Å². The number of primary amides is 1. The molecule has 0 aliphatic rings. The summed E-state index contributed by atoms with van der Waals surface area (Å²) in [6.45, 7) is 0. The molecule has 1 heterocycles. The molecule has 2 N–H and O–H groups in total. The number of hydrogen-bond donors (Lipinski definition) is 1. The van der Waals surface area contributed by atoms with E-state index >= 15 is 0 Å². The van der Waals surface area contributed by atoms with Gasteiger partial charge in [-0.25, -0.2) is 0 Å². The molecule has 1 aromatic heterocycles. The van der Waals surface area contributed by atoms with Crippen molar-refractivity contribution in [3.05, 3.63) is 54.5 Å². The van der Waals surface area contributed by atoms with Gasteiger partial charge in [-0.15, -0.1) is 11.8 Å². The van der Waals surface area contributed by atoms with Crippen molar-refractivity contribution >= 4 is 17.7 Å². The molecule has 0 aliphatic heterocycles. The summed E-state index contributed by atoms with van der Waals surface area (Å²) in [5.41, 5.74) is 5.43. The molecular formula is C14H15NO2S. The summed E-state index contributed by atoms with van der Waals surface area (Å²) < 4.78 is 5.25. The van der Waals surface area contributed by atoms with E-state index in [2.05, 4.69) is 0 Å². The molecule has 0 saturated carbocycles. The minimum atomic E-state index is -0.282. The van der Waals surface area contributed by atoms with Gasteiger partial charge in [-0.05, 0) is 30.7 Å². The van der Waals surface area contributed by atoms with E-state index in [0.717, 1.165) is 17.1 Å². The average molecular weight is 261 g/mol. The molecule has 3 nitrogen and oxygen atoms in total. The molecule has 4 heteroatoms. The lowest BCUT2D eigenvalue weighted by Crippen LogP contribution is -2.26. The maximum atomic E-state index is 11.4. The van der Waals surface area contributed by atoms with Crippen LogP contribution < -0.4 is 5.73 Å². The van der Waals surface area contributed by atoms with Crippen LogP contribution >= 0.6 is 11.8 Å². The zero-order valence-corrected chi connectivity index (χ0v) is 10.7. The van der Waals surface area contributed by atoms with Gasteiger partial charge in [-0.2, -0.15) is 0 Å². The number of rotatable bonds is 6. The Hall–Kier alpha value is -1.68. The first-order valence-electron chi connectivity index (χ1n) is 5.79. The van der Waals surface area contributed by atoms with Crippen molar-refractivity contribution in [2.24, 2.45) is 5.73 Å². The highest BCUT2D eigenvalue weighted by Crippen LogP contribution is 2.26. The second-order valence-electron chi connectivity index (χ2n) is 3.94. The monoisotopic (exact) mass is 261 g/mol. The maximum absolute atomic E-state index is 11.4. The molecule has 94 valence electrons. The topological polar surface area (TPSA) is 56.2 Å². The highest BCUT2D eigenvalue weighted by molar-refractivity contribution is 8.00. The van der Waals surface area contributed by atoms with E-state index in [1.165, 1.54) is 11.8 Å². The number of carbonyl (C=O) groups is 1. The van der Waals surface area contributed by atoms with Crippen LogP contribution in [0.1, 0.15) is 12.2 Å². The van der Waals surface area contributed by atoms with Gasteiger partial charge in [-0.1, -0.05) is 18.2 Å². The molecule has 0 spiro atoms. The predicted molar refractivity (Wildman–Crippen MR) is 72.3 cm³/mol. The third-order valence-electron chi connectivity index (χ3n) is 2.57. The average Bonchev–Trinajstić information content (AvgIpc) is 2.88. The summed E-state index contributed by atoms with van der Waals surface area (Å²) in [6.07, 6.45) is 3.04. The van der Waals surface area contributed by atoms with Crippen molar-refractivity contribution < 1.29 is 9.21 Å². The van der Waals surface area contributed by atoms with Crippen LogP contribution in [-0.4, -0.2) is 11.2 Å². The predicted octanol–water partition coefficient (Wildman–Crippen LogP) is 2.86. The zero-order valence-electron chi connectivity index (χ0n) is 9.91. The van der Waals surface area contributed by atoms with E-state index in [1.807, 2.05) is 42.5 Å². The van der Waals surface area contributed by atoms with Gasteiger partial charge in [0.05, 0.1) is 11.5 Å². The van der Waals surface area contributed by atoms with E-state index in [0.29, 0.717) is 6.42 Å². The lowest BCUT2D eigenvalue weighted by atomic mass is 10.2. The van der Waals surface area contributed by atoms with Gasteiger partial charge >= 0.3 is 0 Å². The van der Waals surface area contributed by atoms with Gasteiger partial charge in [0.2, 0.25) is 5.91 Å². The quantitative estimate of drug-likeness (QED) is 0.813. The zero-order chi connectivity index (χ0) is 12.8. The van der Waals surface area contributed by atoms with Crippen LogP contribution in [0.2, 0.25) is 0 Å². The van der Waals surface area contributed by atoms with Gasteiger partial charge < -0.3 is 10.2 Å². The van der Waals surface area contributed by atoms with E-state index < -0.39 is 0 Å². The Morgan fingerprint density at radius 1 is 1.22 bits per heavy atom. The van der Waals surface area contributed by atoms with Gasteiger partial charge in [0, 0.05) is 11.3 Å². The third kappa shape index (κ3) is 3.67. The molecule has 0 saturated heterocycles. The molecular weight excluding hydrogens is 246 g/mol. The highest BCUT2D eigenvalue weighted by Gasteiger charge is 2.17. The van der Waals surface area contributed by atoms with Crippen LogP contribution in [0.25, 0.3) is 0 Å². The summed E-state index contributed by atoms with van der Waals surface area (Å²) in [5.74, 6) is 0.602. The molecule has 2 rings (SSSR count). The number of carbonyl (C=O) groups excluding carboxylic acids is 1. The number of amides is 1. The SMILES string of the molecule is NC(=O)C(CCc1ccco1)Sc1ccccc1. The van der Waals surface area contributed by atoms with E-state index in [1.54, 1.807) is 6.26 Å². The summed E-state index contributed by atoms with van der Waals surface area (Å²) in [4.78, 5) is 12.5. The number of thioether (sulfide) groups is 1. The second-order valence-corrected chi connectivity index (χ2v) is 5.22. The fraction of sp³-hybridized carbons (Fsp3) is 0.214. The summed E-state index contributed by atoms with van der Waals surface area (Å²) in [7, 11) is 0. The molecule has 1 amide bonds. The summed E-state index contributed by atoms with van der Waals surface area (Å²) in [5, 5.41) is -0.225. The van der Waals surface area contributed by atoms with Crippen LogP contribution in [0.4, 0.5) is 0 Å². The van der Waals surface area contributed by atoms with Gasteiger partial charge in [-0.3, -0.25) is 4.79 Å². The number of benzene rings is 1. The molecule has 0 bridgehead atoms. The maximum Gasteiger partial charge on any atom is 0.230 e. The minimum Gasteiger partial charge on any atom is -0.469 e. The van der Waals surface area contributed by atoms with Crippen LogP contribution in [-0.2, 0) is 11.2 Å². The number of furan rings is 1. The number of nitrogens with two attached hydrogens (primary N) is 1. The molecule has 1 unspecified atom stereocenters. The first kappa shape index (κ1) is 12.8. The van der Waals surface area contributed by atoms with Gasteiger partial charge in [0.15, 0.2) is 0 Å². The number of hydrogen-bond acceptors (Lipinski definition) is 3.